The van der Waals surface area contributed by atoms with E-state index in [-0.39, 0.29) is 6.10 Å². The van der Waals surface area contributed by atoms with Crippen LogP contribution < -0.4 is 5.32 Å². The minimum absolute atomic E-state index is 0.280. The molecule has 1 fully saturated rings. The maximum atomic E-state index is 8.61. The van der Waals surface area contributed by atoms with Crippen LogP contribution in [0.2, 0.25) is 0 Å². The Kier molecular flexibility index (Phi) is 7.18. The maximum Gasteiger partial charge on any atom is 0.141 e. The third-order valence-electron chi connectivity index (χ3n) is 3.24. The van der Waals surface area contributed by atoms with Crippen LogP contribution in [0.4, 0.5) is 0 Å². The zero-order valence-corrected chi connectivity index (χ0v) is 11.1. The third-order valence-corrected chi connectivity index (χ3v) is 3.24. The number of ether oxygens (including phenoxy) is 1. The summed E-state index contributed by atoms with van der Waals surface area (Å²) in [5.41, 5.74) is 0. The number of nitrogens with one attached hydrogen (secondary N) is 1. The Hall–Kier alpha value is -0.630. The molecule has 0 saturated carbocycles. The van der Waals surface area contributed by atoms with Gasteiger partial charge in [0, 0.05) is 13.1 Å². The van der Waals surface area contributed by atoms with Gasteiger partial charge < -0.3 is 15.0 Å². The number of piperidine rings is 1. The van der Waals surface area contributed by atoms with Gasteiger partial charge >= 0.3 is 0 Å². The first-order valence-corrected chi connectivity index (χ1v) is 6.70. The van der Waals surface area contributed by atoms with Crippen LogP contribution in [0.15, 0.2) is 0 Å². The fourth-order valence-corrected chi connectivity index (χ4v) is 2.27. The standard InChI is InChI=1S/C13H25N3O/c1-3-15-10-13-5-4-6-16(11-13)7-8-17-12(2)9-14/h12-13,15H,3-8,10-11H2,1-2H3. The molecule has 98 valence electrons. The zero-order valence-electron chi connectivity index (χ0n) is 11.1. The van der Waals surface area contributed by atoms with Crippen LogP contribution in [-0.2, 0) is 4.74 Å². The van der Waals surface area contributed by atoms with Crippen molar-refractivity contribution in [3.63, 3.8) is 0 Å². The van der Waals surface area contributed by atoms with E-state index >= 15 is 0 Å². The molecule has 2 atom stereocenters. The van der Waals surface area contributed by atoms with Crippen LogP contribution in [0.3, 0.4) is 0 Å². The van der Waals surface area contributed by atoms with E-state index in [4.69, 9.17) is 10.00 Å². The van der Waals surface area contributed by atoms with E-state index in [9.17, 15) is 0 Å². The Balaban J connectivity index is 2.14. The van der Waals surface area contributed by atoms with Crippen molar-refractivity contribution in [3.05, 3.63) is 0 Å². The largest absolute Gasteiger partial charge is 0.362 e. The van der Waals surface area contributed by atoms with Crippen molar-refractivity contribution < 1.29 is 4.74 Å². The molecule has 1 N–H and O–H groups in total. The lowest BCUT2D eigenvalue weighted by Gasteiger charge is -2.32. The Labute approximate surface area is 105 Å². The number of hydrogen-bond donors (Lipinski definition) is 1. The van der Waals surface area contributed by atoms with Crippen LogP contribution in [0, 0.1) is 17.2 Å². The van der Waals surface area contributed by atoms with Gasteiger partial charge in [-0.15, -0.1) is 0 Å². The highest BCUT2D eigenvalue weighted by Gasteiger charge is 2.19. The normalized spacial score (nSPS) is 23.2. The number of likely N-dealkylation sites (tertiary alicyclic amines) is 1. The SMILES string of the molecule is CCNCC1CCCN(CCOC(C)C#N)C1. The van der Waals surface area contributed by atoms with Crippen molar-refractivity contribution in [1.29, 1.82) is 5.26 Å². The van der Waals surface area contributed by atoms with Gasteiger partial charge in [-0.2, -0.15) is 5.26 Å². The second-order valence-electron chi connectivity index (χ2n) is 4.76. The van der Waals surface area contributed by atoms with Crippen LogP contribution in [0.5, 0.6) is 0 Å². The molecule has 1 aliphatic rings. The second-order valence-corrected chi connectivity index (χ2v) is 4.76. The van der Waals surface area contributed by atoms with Gasteiger partial charge in [0.1, 0.15) is 6.10 Å². The molecule has 1 saturated heterocycles. The first kappa shape index (κ1) is 14.4. The summed E-state index contributed by atoms with van der Waals surface area (Å²) in [5.74, 6) is 0.775. The summed E-state index contributed by atoms with van der Waals surface area (Å²) < 4.78 is 5.39. The third kappa shape index (κ3) is 6.02. The van der Waals surface area contributed by atoms with Gasteiger partial charge in [-0.3, -0.25) is 0 Å². The smallest absolute Gasteiger partial charge is 0.141 e. The molecule has 1 rings (SSSR count). The highest BCUT2D eigenvalue weighted by Crippen LogP contribution is 2.15. The number of nitrogens with zero attached hydrogens (tertiary/aromatic N) is 2. The highest BCUT2D eigenvalue weighted by molar-refractivity contribution is 4.79. The molecule has 1 aliphatic heterocycles. The van der Waals surface area contributed by atoms with Crippen molar-refractivity contribution in [2.45, 2.75) is 32.8 Å². The molecule has 1 heterocycles. The van der Waals surface area contributed by atoms with Gasteiger partial charge in [-0.1, -0.05) is 6.92 Å². The van der Waals surface area contributed by atoms with Crippen LogP contribution >= 0.6 is 0 Å². The van der Waals surface area contributed by atoms with Crippen LogP contribution in [0.1, 0.15) is 26.7 Å². The van der Waals surface area contributed by atoms with Crippen molar-refractivity contribution in [3.8, 4) is 6.07 Å². The van der Waals surface area contributed by atoms with E-state index in [1.807, 2.05) is 0 Å². The monoisotopic (exact) mass is 239 g/mol. The quantitative estimate of drug-likeness (QED) is 0.726. The summed E-state index contributed by atoms with van der Waals surface area (Å²) in [4.78, 5) is 2.45. The second kappa shape index (κ2) is 8.46. The van der Waals surface area contributed by atoms with Gasteiger partial charge in [0.15, 0.2) is 0 Å². The fraction of sp³-hybridized carbons (Fsp3) is 0.923. The number of rotatable bonds is 7. The first-order chi connectivity index (χ1) is 8.26. The number of hydrogen-bond acceptors (Lipinski definition) is 4. The average molecular weight is 239 g/mol. The molecule has 4 heteroatoms. The minimum atomic E-state index is -0.280. The maximum absolute atomic E-state index is 8.61. The van der Waals surface area contributed by atoms with Gasteiger partial charge in [-0.25, -0.2) is 0 Å². The van der Waals surface area contributed by atoms with E-state index in [2.05, 4.69) is 23.2 Å². The van der Waals surface area contributed by atoms with Crippen molar-refractivity contribution in [2.75, 3.05) is 39.3 Å². The molecular weight excluding hydrogens is 214 g/mol. The molecule has 0 radical (unpaired) electrons. The summed E-state index contributed by atoms with van der Waals surface area (Å²) in [6.07, 6.45) is 2.33. The molecule has 17 heavy (non-hydrogen) atoms. The average Bonchev–Trinajstić information content (AvgIpc) is 2.36. The van der Waals surface area contributed by atoms with E-state index in [0.29, 0.717) is 6.61 Å². The fourth-order valence-electron chi connectivity index (χ4n) is 2.27. The van der Waals surface area contributed by atoms with E-state index in [1.54, 1.807) is 6.92 Å². The summed E-state index contributed by atoms with van der Waals surface area (Å²) >= 11 is 0. The zero-order chi connectivity index (χ0) is 12.5. The summed E-state index contributed by atoms with van der Waals surface area (Å²) in [6, 6.07) is 2.09. The lowest BCUT2D eigenvalue weighted by atomic mass is 9.98. The molecule has 0 spiro atoms. The van der Waals surface area contributed by atoms with Crippen LogP contribution in [0.25, 0.3) is 0 Å². The summed E-state index contributed by atoms with van der Waals surface area (Å²) in [5, 5.41) is 12.0. The van der Waals surface area contributed by atoms with Crippen molar-refractivity contribution >= 4 is 0 Å². The topological polar surface area (TPSA) is 48.3 Å². The molecular formula is C13H25N3O. The predicted octanol–water partition coefficient (Wildman–Crippen LogP) is 1.24. The Morgan fingerprint density at radius 3 is 3.12 bits per heavy atom. The van der Waals surface area contributed by atoms with E-state index in [0.717, 1.165) is 32.1 Å². The Morgan fingerprint density at radius 2 is 2.41 bits per heavy atom. The first-order valence-electron chi connectivity index (χ1n) is 6.70. The lowest BCUT2D eigenvalue weighted by Crippen LogP contribution is -2.41. The van der Waals surface area contributed by atoms with Crippen molar-refractivity contribution in [1.82, 2.24) is 10.2 Å². The van der Waals surface area contributed by atoms with E-state index in [1.165, 1.54) is 19.4 Å². The van der Waals surface area contributed by atoms with Crippen LogP contribution in [-0.4, -0.2) is 50.3 Å². The number of nitriles is 1. The van der Waals surface area contributed by atoms with Gasteiger partial charge in [-0.05, 0) is 45.3 Å². The van der Waals surface area contributed by atoms with Gasteiger partial charge in [0.2, 0.25) is 0 Å². The molecule has 0 bridgehead atoms. The molecule has 0 aromatic rings. The van der Waals surface area contributed by atoms with Gasteiger partial charge in [0.05, 0.1) is 12.7 Å². The molecule has 0 aliphatic carbocycles. The summed E-state index contributed by atoms with van der Waals surface area (Å²) in [6.45, 7) is 10.1. The lowest BCUT2D eigenvalue weighted by molar-refractivity contribution is 0.0647. The van der Waals surface area contributed by atoms with E-state index < -0.39 is 0 Å². The van der Waals surface area contributed by atoms with Crippen molar-refractivity contribution in [2.24, 2.45) is 5.92 Å². The molecule has 2 unspecified atom stereocenters. The highest BCUT2D eigenvalue weighted by atomic mass is 16.5. The molecule has 4 nitrogen and oxygen atoms in total. The molecule has 0 aromatic carbocycles. The molecule has 0 aromatic heterocycles. The predicted molar refractivity (Wildman–Crippen MR) is 68.7 cm³/mol. The molecule has 0 amide bonds. The summed E-state index contributed by atoms with van der Waals surface area (Å²) in [7, 11) is 0. The Bertz CT molecular complexity index is 239. The minimum Gasteiger partial charge on any atom is -0.362 e. The Morgan fingerprint density at radius 1 is 1.59 bits per heavy atom. The van der Waals surface area contributed by atoms with Gasteiger partial charge in [0.25, 0.3) is 0 Å².